The Balaban J connectivity index is 0.00000144. The molecule has 0 fully saturated rings. The summed E-state index contributed by atoms with van der Waals surface area (Å²) < 4.78 is 5.18. The van der Waals surface area contributed by atoms with Gasteiger partial charge in [-0.1, -0.05) is 12.1 Å². The zero-order valence-electron chi connectivity index (χ0n) is 10.00. The van der Waals surface area contributed by atoms with Crippen LogP contribution in [0.4, 0.5) is 0 Å². The van der Waals surface area contributed by atoms with Gasteiger partial charge in [0.25, 0.3) is 0 Å². The molecular weight excluding hydrogens is 271 g/mol. The van der Waals surface area contributed by atoms with Gasteiger partial charge in [-0.25, -0.2) is 0 Å². The highest BCUT2D eigenvalue weighted by Gasteiger charge is 2.01. The van der Waals surface area contributed by atoms with Crippen molar-refractivity contribution < 1.29 is 4.74 Å². The van der Waals surface area contributed by atoms with Crippen LogP contribution in [0, 0.1) is 0 Å². The second kappa shape index (κ2) is 7.93. The van der Waals surface area contributed by atoms with Crippen molar-refractivity contribution in [2.24, 2.45) is 5.73 Å². The Bertz CT molecular complexity index is 446. The van der Waals surface area contributed by atoms with E-state index in [0.717, 1.165) is 22.6 Å². The molecule has 2 rings (SSSR count). The number of nitrogens with zero attached hydrogens (tertiary/aromatic N) is 1. The van der Waals surface area contributed by atoms with Crippen LogP contribution in [0.1, 0.15) is 5.56 Å². The molecule has 0 saturated heterocycles. The summed E-state index contributed by atoms with van der Waals surface area (Å²) in [6.07, 6.45) is 1.77. The van der Waals surface area contributed by atoms with Crippen molar-refractivity contribution in [1.82, 2.24) is 4.98 Å². The van der Waals surface area contributed by atoms with Crippen molar-refractivity contribution in [3.8, 4) is 17.0 Å². The fourth-order valence-corrected chi connectivity index (χ4v) is 1.54. The van der Waals surface area contributed by atoms with Crippen molar-refractivity contribution in [2.75, 3.05) is 7.11 Å². The molecular formula is C13H16Cl2N2O. The highest BCUT2D eigenvalue weighted by molar-refractivity contribution is 5.85. The van der Waals surface area contributed by atoms with Crippen LogP contribution in [0.2, 0.25) is 0 Å². The molecule has 0 unspecified atom stereocenters. The average molecular weight is 287 g/mol. The van der Waals surface area contributed by atoms with E-state index >= 15 is 0 Å². The molecule has 5 heteroatoms. The largest absolute Gasteiger partial charge is 0.497 e. The first-order valence-corrected chi connectivity index (χ1v) is 5.13. The molecule has 0 amide bonds. The number of benzene rings is 1. The van der Waals surface area contributed by atoms with Crippen molar-refractivity contribution in [3.05, 3.63) is 48.2 Å². The Morgan fingerprint density at radius 2 is 1.94 bits per heavy atom. The quantitative estimate of drug-likeness (QED) is 0.943. The number of methoxy groups -OCH3 is 1. The molecule has 0 aliphatic rings. The van der Waals surface area contributed by atoms with Crippen LogP contribution in [0.25, 0.3) is 11.3 Å². The number of pyridine rings is 1. The van der Waals surface area contributed by atoms with E-state index in [-0.39, 0.29) is 24.8 Å². The molecule has 0 radical (unpaired) electrons. The van der Waals surface area contributed by atoms with Crippen LogP contribution >= 0.6 is 24.8 Å². The smallest absolute Gasteiger partial charge is 0.119 e. The summed E-state index contributed by atoms with van der Waals surface area (Å²) in [4.78, 5) is 4.32. The maximum atomic E-state index is 5.60. The van der Waals surface area contributed by atoms with Crippen LogP contribution in [0.15, 0.2) is 42.6 Å². The highest BCUT2D eigenvalue weighted by Crippen LogP contribution is 2.22. The maximum Gasteiger partial charge on any atom is 0.119 e. The Morgan fingerprint density at radius 3 is 2.61 bits per heavy atom. The van der Waals surface area contributed by atoms with Gasteiger partial charge in [0, 0.05) is 18.3 Å². The number of ether oxygens (including phenoxy) is 1. The molecule has 0 spiro atoms. The number of rotatable bonds is 3. The van der Waals surface area contributed by atoms with Crippen molar-refractivity contribution >= 4 is 24.8 Å². The Hall–Kier alpha value is -1.29. The summed E-state index contributed by atoms with van der Waals surface area (Å²) in [6, 6.07) is 11.7. The molecule has 0 aliphatic carbocycles. The minimum Gasteiger partial charge on any atom is -0.497 e. The van der Waals surface area contributed by atoms with Gasteiger partial charge in [0.2, 0.25) is 0 Å². The van der Waals surface area contributed by atoms with Crippen LogP contribution in [0.3, 0.4) is 0 Å². The Labute approximate surface area is 119 Å². The summed E-state index contributed by atoms with van der Waals surface area (Å²) in [6.45, 7) is 0.527. The molecule has 0 atom stereocenters. The van der Waals surface area contributed by atoms with E-state index in [0.29, 0.717) is 6.54 Å². The maximum absolute atomic E-state index is 5.60. The fraction of sp³-hybridized carbons (Fsp3) is 0.154. The molecule has 1 aromatic heterocycles. The van der Waals surface area contributed by atoms with Gasteiger partial charge in [-0.2, -0.15) is 0 Å². The van der Waals surface area contributed by atoms with Crippen molar-refractivity contribution in [2.45, 2.75) is 6.54 Å². The minimum absolute atomic E-state index is 0. The van der Waals surface area contributed by atoms with Gasteiger partial charge in [-0.15, -0.1) is 24.8 Å². The molecule has 18 heavy (non-hydrogen) atoms. The number of nitrogens with two attached hydrogens (primary N) is 1. The third-order valence-corrected chi connectivity index (χ3v) is 2.43. The highest BCUT2D eigenvalue weighted by atomic mass is 35.5. The van der Waals surface area contributed by atoms with Crippen LogP contribution in [-0.2, 0) is 6.54 Å². The lowest BCUT2D eigenvalue weighted by Crippen LogP contribution is -1.97. The van der Waals surface area contributed by atoms with E-state index in [1.54, 1.807) is 13.3 Å². The molecule has 1 heterocycles. The molecule has 3 nitrogen and oxygen atoms in total. The first kappa shape index (κ1) is 16.7. The predicted octanol–water partition coefficient (Wildman–Crippen LogP) is 3.06. The summed E-state index contributed by atoms with van der Waals surface area (Å²) in [5.41, 5.74) is 8.63. The lowest BCUT2D eigenvalue weighted by Gasteiger charge is -2.05. The first-order chi connectivity index (χ1) is 7.83. The summed E-state index contributed by atoms with van der Waals surface area (Å²) in [7, 11) is 1.66. The van der Waals surface area contributed by atoms with E-state index in [4.69, 9.17) is 10.5 Å². The minimum atomic E-state index is 0. The zero-order chi connectivity index (χ0) is 11.4. The third kappa shape index (κ3) is 3.88. The summed E-state index contributed by atoms with van der Waals surface area (Å²) in [5, 5.41) is 0. The standard InChI is InChI=1S/C13H14N2O.2ClH/c1-16-12-4-2-3-11(8-12)13-7-10(9-14)5-6-15-13;;/h2-8H,9,14H2,1H3;2*1H. The number of aromatic nitrogens is 1. The van der Waals surface area contributed by atoms with Crippen LogP contribution in [-0.4, -0.2) is 12.1 Å². The molecule has 1 aromatic carbocycles. The van der Waals surface area contributed by atoms with E-state index in [9.17, 15) is 0 Å². The van der Waals surface area contributed by atoms with Gasteiger partial charge in [-0.3, -0.25) is 4.98 Å². The second-order valence-electron chi connectivity index (χ2n) is 3.49. The van der Waals surface area contributed by atoms with Crippen LogP contribution < -0.4 is 10.5 Å². The number of hydrogen-bond acceptors (Lipinski definition) is 3. The molecule has 2 N–H and O–H groups in total. The van der Waals surface area contributed by atoms with E-state index in [1.165, 1.54) is 0 Å². The molecule has 0 saturated carbocycles. The van der Waals surface area contributed by atoms with Gasteiger partial charge >= 0.3 is 0 Å². The van der Waals surface area contributed by atoms with E-state index in [1.807, 2.05) is 36.4 Å². The van der Waals surface area contributed by atoms with Gasteiger partial charge in [0.1, 0.15) is 5.75 Å². The summed E-state index contributed by atoms with van der Waals surface area (Å²) in [5.74, 6) is 0.831. The molecule has 2 aromatic rings. The number of hydrogen-bond donors (Lipinski definition) is 1. The fourth-order valence-electron chi connectivity index (χ4n) is 1.54. The van der Waals surface area contributed by atoms with Gasteiger partial charge in [0.15, 0.2) is 0 Å². The predicted molar refractivity (Wildman–Crippen MR) is 78.6 cm³/mol. The average Bonchev–Trinajstić information content (AvgIpc) is 2.39. The third-order valence-electron chi connectivity index (χ3n) is 2.43. The van der Waals surface area contributed by atoms with Gasteiger partial charge in [-0.05, 0) is 29.8 Å². The van der Waals surface area contributed by atoms with E-state index < -0.39 is 0 Å². The Kier molecular flexibility index (Phi) is 7.36. The normalized spacial score (nSPS) is 9.00. The van der Waals surface area contributed by atoms with Crippen molar-refractivity contribution in [1.29, 1.82) is 0 Å². The van der Waals surface area contributed by atoms with E-state index in [2.05, 4.69) is 4.98 Å². The van der Waals surface area contributed by atoms with Crippen LogP contribution in [0.5, 0.6) is 5.75 Å². The summed E-state index contributed by atoms with van der Waals surface area (Å²) >= 11 is 0. The van der Waals surface area contributed by atoms with Gasteiger partial charge in [0.05, 0.1) is 12.8 Å². The zero-order valence-corrected chi connectivity index (χ0v) is 11.6. The monoisotopic (exact) mass is 286 g/mol. The van der Waals surface area contributed by atoms with Crippen molar-refractivity contribution in [3.63, 3.8) is 0 Å². The second-order valence-corrected chi connectivity index (χ2v) is 3.49. The molecule has 98 valence electrons. The Morgan fingerprint density at radius 1 is 1.17 bits per heavy atom. The molecule has 0 aliphatic heterocycles. The SMILES string of the molecule is COc1cccc(-c2cc(CN)ccn2)c1.Cl.Cl. The lowest BCUT2D eigenvalue weighted by atomic mass is 10.1. The topological polar surface area (TPSA) is 48.1 Å². The number of halogens is 2. The lowest BCUT2D eigenvalue weighted by molar-refractivity contribution is 0.415. The van der Waals surface area contributed by atoms with Gasteiger partial charge < -0.3 is 10.5 Å². The molecule has 0 bridgehead atoms. The first-order valence-electron chi connectivity index (χ1n) is 5.13.